The zero-order chi connectivity index (χ0) is 14.1. The van der Waals surface area contributed by atoms with Gasteiger partial charge in [-0.05, 0) is 0 Å². The molecule has 19 heavy (non-hydrogen) atoms. The molecule has 0 aliphatic heterocycles. The molecule has 0 spiro atoms. The van der Waals surface area contributed by atoms with Crippen molar-refractivity contribution in [3.63, 3.8) is 0 Å². The molecule has 0 amide bonds. The van der Waals surface area contributed by atoms with Gasteiger partial charge in [-0.3, -0.25) is 12.2 Å². The van der Waals surface area contributed by atoms with Crippen molar-refractivity contribution in [2.24, 2.45) is 5.92 Å². The summed E-state index contributed by atoms with van der Waals surface area (Å²) in [5.41, 5.74) is 4.27. The minimum Gasteiger partial charge on any atom is -0.147 e. The molecule has 2 rings (SSSR count). The van der Waals surface area contributed by atoms with Crippen LogP contribution in [0.2, 0.25) is 13.1 Å². The van der Waals surface area contributed by atoms with Crippen LogP contribution < -0.4 is 0 Å². The van der Waals surface area contributed by atoms with E-state index in [1.807, 2.05) is 6.08 Å². The summed E-state index contributed by atoms with van der Waals surface area (Å²) < 4.78 is 0. The van der Waals surface area contributed by atoms with Crippen molar-refractivity contribution in [1.29, 1.82) is 0 Å². The third-order valence-electron chi connectivity index (χ3n) is 2.20. The average molecular weight is 372 g/mol. The van der Waals surface area contributed by atoms with E-state index in [-0.39, 0.29) is 17.8 Å². The fraction of sp³-hybridized carbons (Fsp3) is 0.500. The van der Waals surface area contributed by atoms with E-state index in [2.05, 4.69) is 65.1 Å². The van der Waals surface area contributed by atoms with Crippen molar-refractivity contribution in [2.45, 2.75) is 47.2 Å². The molecule has 2 aliphatic carbocycles. The van der Waals surface area contributed by atoms with Crippen LogP contribution in [0.1, 0.15) is 34.1 Å². The van der Waals surface area contributed by atoms with Crippen LogP contribution in [-0.4, -0.2) is 5.43 Å². The van der Waals surface area contributed by atoms with Crippen molar-refractivity contribution in [3.8, 4) is 0 Å². The Labute approximate surface area is 140 Å². The van der Waals surface area contributed by atoms with Gasteiger partial charge in [0.2, 0.25) is 0 Å². The summed E-state index contributed by atoms with van der Waals surface area (Å²) in [7, 11) is 0. The predicted molar refractivity (Wildman–Crippen MR) is 86.3 cm³/mol. The topological polar surface area (TPSA) is 0 Å². The minimum atomic E-state index is 0. The van der Waals surface area contributed by atoms with Crippen molar-refractivity contribution in [1.82, 2.24) is 0 Å². The Balaban J connectivity index is 0. The molecule has 104 valence electrons. The van der Waals surface area contributed by atoms with Gasteiger partial charge in [-0.2, -0.15) is 11.6 Å². The van der Waals surface area contributed by atoms with E-state index in [9.17, 15) is 0 Å². The molecule has 0 fully saturated rings. The maximum Gasteiger partial charge on any atom is -0.147 e. The van der Waals surface area contributed by atoms with Gasteiger partial charge in [0.1, 0.15) is 0 Å². The molecule has 0 heterocycles. The number of hydrogen-bond acceptors (Lipinski definition) is 0. The van der Waals surface area contributed by atoms with E-state index in [4.69, 9.17) is 0 Å². The van der Waals surface area contributed by atoms with Crippen LogP contribution in [0.3, 0.4) is 0 Å². The quantitative estimate of drug-likeness (QED) is 0.403. The van der Waals surface area contributed by atoms with Gasteiger partial charge in [-0.1, -0.05) is 26.7 Å². The van der Waals surface area contributed by atoms with Gasteiger partial charge >= 0.3 is 41.9 Å². The van der Waals surface area contributed by atoms with Crippen LogP contribution in [0.5, 0.6) is 0 Å². The third kappa shape index (κ3) is 14.6. The van der Waals surface area contributed by atoms with Crippen LogP contribution >= 0.6 is 12.4 Å². The first kappa shape index (κ1) is 21.6. The van der Waals surface area contributed by atoms with E-state index in [1.165, 1.54) is 16.7 Å². The standard InChI is InChI=1S/2C7H9.C2H6Si.ClH.Zr/c2*1-6-3-4-7(2)5-6;1-3-2;;/h5H,3H2,1-2H3;3,5,7H,1-2H3;1-2H3;1H;/q2*-1;;;+2. The summed E-state index contributed by atoms with van der Waals surface area (Å²) in [6.45, 7) is 13.1. The normalized spacial score (nSPS) is 18.9. The summed E-state index contributed by atoms with van der Waals surface area (Å²) in [4.78, 5) is 0. The molecular weight excluding hydrogens is 347 g/mol. The zero-order valence-electron chi connectivity index (χ0n) is 12.9. The van der Waals surface area contributed by atoms with E-state index in [1.54, 1.807) is 23.3 Å². The van der Waals surface area contributed by atoms with E-state index in [0.717, 1.165) is 6.42 Å². The second kappa shape index (κ2) is 12.1. The molecule has 0 aromatic carbocycles. The fourth-order valence-corrected chi connectivity index (χ4v) is 1.50. The molecule has 0 nitrogen and oxygen atoms in total. The summed E-state index contributed by atoms with van der Waals surface area (Å²) >= 11 is 1.74. The maximum atomic E-state index is 3.19. The van der Waals surface area contributed by atoms with Crippen LogP contribution in [0.25, 0.3) is 0 Å². The smallest absolute Gasteiger partial charge is 0.147 e. The number of halogens is 1. The third-order valence-corrected chi connectivity index (χ3v) is 2.20. The predicted octanol–water partition coefficient (Wildman–Crippen LogP) is 5.23. The number of allylic oxidation sites excluding steroid dienone is 8. The molecule has 1 unspecified atom stereocenters. The first-order valence-electron chi connectivity index (χ1n) is 6.35. The summed E-state index contributed by atoms with van der Waals surface area (Å²) in [5, 5.41) is 0. The molecule has 0 aromatic heterocycles. The van der Waals surface area contributed by atoms with E-state index >= 15 is 0 Å². The van der Waals surface area contributed by atoms with Gasteiger partial charge in [0.25, 0.3) is 0 Å². The first-order chi connectivity index (χ1) is 8.31. The molecule has 0 N–H and O–H groups in total. The first-order valence-corrected chi connectivity index (χ1v) is 12.5. The van der Waals surface area contributed by atoms with Crippen molar-refractivity contribution in [2.75, 3.05) is 0 Å². The van der Waals surface area contributed by atoms with Crippen LogP contribution in [0, 0.1) is 18.1 Å². The minimum absolute atomic E-state index is 0. The molecule has 0 radical (unpaired) electrons. The summed E-state index contributed by atoms with van der Waals surface area (Å²) in [6, 6.07) is 0. The Morgan fingerprint density at radius 3 is 1.89 bits per heavy atom. The largest absolute Gasteiger partial charge is 0.147 e. The molecular formula is C16H25ClSiZr. The van der Waals surface area contributed by atoms with E-state index in [0.29, 0.717) is 5.92 Å². The van der Waals surface area contributed by atoms with Gasteiger partial charge in [-0.15, -0.1) is 25.8 Å². The Bertz CT molecular complexity index is 399. The van der Waals surface area contributed by atoms with Crippen LogP contribution in [0.15, 0.2) is 34.9 Å². The molecule has 0 saturated heterocycles. The second-order valence-electron chi connectivity index (χ2n) is 5.04. The van der Waals surface area contributed by atoms with Crippen molar-refractivity contribution >= 4 is 17.8 Å². The van der Waals surface area contributed by atoms with Gasteiger partial charge in [0, 0.05) is 0 Å². The number of hydrogen-bond donors (Lipinski definition) is 0. The molecule has 1 atom stereocenters. The van der Waals surface area contributed by atoms with Crippen molar-refractivity contribution in [3.05, 3.63) is 47.1 Å². The van der Waals surface area contributed by atoms with Gasteiger partial charge in [0.15, 0.2) is 0 Å². The van der Waals surface area contributed by atoms with Gasteiger partial charge in [-0.25, -0.2) is 23.3 Å². The maximum absolute atomic E-state index is 3.19. The Morgan fingerprint density at radius 2 is 1.79 bits per heavy atom. The Morgan fingerprint density at radius 1 is 1.26 bits per heavy atom. The second-order valence-corrected chi connectivity index (χ2v) is 14.4. The average Bonchev–Trinajstić information content (AvgIpc) is 2.76. The fourth-order valence-electron chi connectivity index (χ4n) is 1.50. The monoisotopic (exact) mass is 370 g/mol. The Hall–Kier alpha value is 0.350. The molecule has 2 aliphatic rings. The Kier molecular flexibility index (Phi) is 13.8. The SMILES string of the molecule is CC1=CC(C)[C-]=C1.CC1=[C-]CC(C)=C1.C[Si](C)=[Zr+2].Cl. The zero-order valence-corrected chi connectivity index (χ0v) is 17.2. The molecule has 0 bridgehead atoms. The molecule has 0 aromatic rings. The van der Waals surface area contributed by atoms with Crippen LogP contribution in [0.4, 0.5) is 0 Å². The van der Waals surface area contributed by atoms with Crippen molar-refractivity contribution < 1.29 is 23.3 Å². The summed E-state index contributed by atoms with van der Waals surface area (Å²) in [5.74, 6) is 0.556. The van der Waals surface area contributed by atoms with Gasteiger partial charge in [0.05, 0.1) is 0 Å². The van der Waals surface area contributed by atoms with E-state index < -0.39 is 0 Å². The molecule has 0 saturated carbocycles. The van der Waals surface area contributed by atoms with Crippen LogP contribution in [-0.2, 0) is 23.3 Å². The number of rotatable bonds is 0. The molecule has 3 heteroatoms. The summed E-state index contributed by atoms with van der Waals surface area (Å²) in [6.07, 6.45) is 13.8. The van der Waals surface area contributed by atoms with Gasteiger partial charge < -0.3 is 0 Å².